The average molecular weight is 383 g/mol. The highest BCUT2D eigenvalue weighted by Crippen LogP contribution is 2.30. The fraction of sp³-hybridized carbons (Fsp3) is 0.435. The molecule has 0 spiro atoms. The molecular weight excluding hydrogens is 354 g/mol. The Morgan fingerprint density at radius 1 is 1.14 bits per heavy atom. The zero-order valence-corrected chi connectivity index (χ0v) is 16.6. The van der Waals surface area contributed by atoms with Crippen LogP contribution in [-0.4, -0.2) is 36.9 Å². The summed E-state index contributed by atoms with van der Waals surface area (Å²) in [5.41, 5.74) is 2.59. The van der Waals surface area contributed by atoms with Crippen LogP contribution >= 0.6 is 0 Å². The molecule has 0 bridgehead atoms. The number of hydrogen-bond acceptors (Lipinski definition) is 4. The van der Waals surface area contributed by atoms with Crippen molar-refractivity contribution in [2.24, 2.45) is 5.92 Å². The van der Waals surface area contributed by atoms with Crippen LogP contribution in [0.4, 0.5) is 5.69 Å². The Kier molecular flexibility index (Phi) is 7.06. The molecule has 28 heavy (non-hydrogen) atoms. The lowest BCUT2D eigenvalue weighted by Crippen LogP contribution is -2.16. The van der Waals surface area contributed by atoms with Crippen molar-refractivity contribution in [3.63, 3.8) is 0 Å². The fourth-order valence-corrected chi connectivity index (χ4v) is 3.70. The molecule has 2 aromatic rings. The van der Waals surface area contributed by atoms with Crippen LogP contribution < -0.4 is 10.1 Å². The van der Waals surface area contributed by atoms with E-state index in [1.165, 1.54) is 5.56 Å². The van der Waals surface area contributed by atoms with Gasteiger partial charge in [0, 0.05) is 17.9 Å². The van der Waals surface area contributed by atoms with Crippen molar-refractivity contribution in [2.45, 2.75) is 44.8 Å². The largest absolute Gasteiger partial charge is 0.497 e. The van der Waals surface area contributed by atoms with Gasteiger partial charge in [0.2, 0.25) is 0 Å². The zero-order valence-electron chi connectivity index (χ0n) is 16.6. The number of carbonyl (C=O) groups excluding carboxylic acids is 1. The molecule has 0 unspecified atom stereocenters. The first-order valence-corrected chi connectivity index (χ1v) is 9.89. The van der Waals surface area contributed by atoms with Gasteiger partial charge < -0.3 is 19.9 Å². The second kappa shape index (κ2) is 9.71. The fourth-order valence-electron chi connectivity index (χ4n) is 3.70. The highest BCUT2D eigenvalue weighted by Gasteiger charge is 2.31. The number of amides is 1. The first kappa shape index (κ1) is 20.4. The third-order valence-electron chi connectivity index (χ3n) is 5.37. The number of methoxy groups -OCH3 is 1. The van der Waals surface area contributed by atoms with Gasteiger partial charge in [0.05, 0.1) is 19.3 Å². The number of carbonyl (C=O) groups is 1. The monoisotopic (exact) mass is 383 g/mol. The normalized spacial score (nSPS) is 21.5. The van der Waals surface area contributed by atoms with E-state index in [1.807, 2.05) is 12.1 Å². The van der Waals surface area contributed by atoms with Crippen LogP contribution in [0.5, 0.6) is 5.75 Å². The number of benzene rings is 2. The summed E-state index contributed by atoms with van der Waals surface area (Å²) in [7, 11) is 1.60. The summed E-state index contributed by atoms with van der Waals surface area (Å²) >= 11 is 0. The molecule has 0 aliphatic carbocycles. The smallest absolute Gasteiger partial charge is 0.255 e. The van der Waals surface area contributed by atoms with E-state index < -0.39 is 0 Å². The second-order valence-corrected chi connectivity index (χ2v) is 7.44. The molecular formula is C23H29NO4. The summed E-state index contributed by atoms with van der Waals surface area (Å²) < 4.78 is 11.2. The predicted octanol–water partition coefficient (Wildman–Crippen LogP) is 4.06. The molecule has 1 saturated heterocycles. The van der Waals surface area contributed by atoms with Gasteiger partial charge in [-0.1, -0.05) is 19.1 Å². The molecule has 1 aliphatic heterocycles. The highest BCUT2D eigenvalue weighted by atomic mass is 16.5. The minimum atomic E-state index is -0.140. The SMILES string of the molecule is COc1ccc(C(=O)Nc2ccc(CC[C@@H]3O[C@H](CCO)C[C@@H]3C)cc2)cc1. The Morgan fingerprint density at radius 3 is 2.50 bits per heavy atom. The summed E-state index contributed by atoms with van der Waals surface area (Å²) in [6.45, 7) is 2.41. The lowest BCUT2D eigenvalue weighted by molar-refractivity contribution is 0.0198. The van der Waals surface area contributed by atoms with Gasteiger partial charge in [-0.3, -0.25) is 4.79 Å². The average Bonchev–Trinajstić information content (AvgIpc) is 3.07. The van der Waals surface area contributed by atoms with E-state index in [0.29, 0.717) is 11.5 Å². The van der Waals surface area contributed by atoms with Gasteiger partial charge in [-0.25, -0.2) is 0 Å². The number of anilines is 1. The third kappa shape index (κ3) is 5.33. The molecule has 0 aromatic heterocycles. The maximum atomic E-state index is 12.3. The van der Waals surface area contributed by atoms with Crippen molar-refractivity contribution < 1.29 is 19.4 Å². The van der Waals surface area contributed by atoms with Gasteiger partial charge in [0.25, 0.3) is 5.91 Å². The summed E-state index contributed by atoms with van der Waals surface area (Å²) in [4.78, 5) is 12.3. The molecule has 3 rings (SSSR count). The van der Waals surface area contributed by atoms with Crippen LogP contribution in [0.25, 0.3) is 0 Å². The Morgan fingerprint density at radius 2 is 1.86 bits per heavy atom. The van der Waals surface area contributed by atoms with E-state index in [9.17, 15) is 4.79 Å². The quantitative estimate of drug-likeness (QED) is 0.721. The molecule has 1 amide bonds. The maximum absolute atomic E-state index is 12.3. The Balaban J connectivity index is 1.50. The van der Waals surface area contributed by atoms with E-state index in [4.69, 9.17) is 14.6 Å². The topological polar surface area (TPSA) is 67.8 Å². The van der Waals surface area contributed by atoms with E-state index >= 15 is 0 Å². The van der Waals surface area contributed by atoms with Crippen LogP contribution in [0.2, 0.25) is 0 Å². The number of aliphatic hydroxyl groups is 1. The van der Waals surface area contributed by atoms with Crippen molar-refractivity contribution in [1.82, 2.24) is 0 Å². The van der Waals surface area contributed by atoms with Crippen LogP contribution in [0, 0.1) is 5.92 Å². The lowest BCUT2D eigenvalue weighted by atomic mass is 9.96. The number of aliphatic hydroxyl groups excluding tert-OH is 1. The van der Waals surface area contributed by atoms with Crippen molar-refractivity contribution >= 4 is 11.6 Å². The maximum Gasteiger partial charge on any atom is 0.255 e. The van der Waals surface area contributed by atoms with Gasteiger partial charge in [-0.15, -0.1) is 0 Å². The van der Waals surface area contributed by atoms with Gasteiger partial charge in [0.1, 0.15) is 5.75 Å². The van der Waals surface area contributed by atoms with Crippen molar-refractivity contribution in [3.05, 3.63) is 59.7 Å². The first-order chi connectivity index (χ1) is 13.6. The lowest BCUT2D eigenvalue weighted by Gasteiger charge is -2.15. The summed E-state index contributed by atoms with van der Waals surface area (Å²) in [6, 6.07) is 15.0. The highest BCUT2D eigenvalue weighted by molar-refractivity contribution is 6.04. The standard InChI is InChI=1S/C23H29NO4/c1-16-15-21(13-14-25)28-22(16)12-5-17-3-8-19(9-4-17)24-23(26)18-6-10-20(27-2)11-7-18/h3-4,6-11,16,21-22,25H,5,12-15H2,1-2H3,(H,24,26)/t16-,21+,22-/m0/s1. The summed E-state index contributed by atoms with van der Waals surface area (Å²) in [5.74, 6) is 1.11. The molecule has 1 heterocycles. The van der Waals surface area contributed by atoms with Crippen LogP contribution in [0.15, 0.2) is 48.5 Å². The molecule has 150 valence electrons. The van der Waals surface area contributed by atoms with Crippen molar-refractivity contribution in [2.75, 3.05) is 19.0 Å². The van der Waals surface area contributed by atoms with E-state index in [0.717, 1.165) is 37.1 Å². The van der Waals surface area contributed by atoms with Gasteiger partial charge in [-0.05, 0) is 73.6 Å². The molecule has 0 saturated carbocycles. The number of nitrogens with one attached hydrogen (secondary N) is 1. The molecule has 2 aromatic carbocycles. The number of aryl methyl sites for hydroxylation is 1. The van der Waals surface area contributed by atoms with Crippen molar-refractivity contribution in [1.29, 1.82) is 0 Å². The Hall–Kier alpha value is -2.37. The number of hydrogen-bond donors (Lipinski definition) is 2. The molecule has 1 aliphatic rings. The minimum Gasteiger partial charge on any atom is -0.497 e. The number of ether oxygens (including phenoxy) is 2. The van der Waals surface area contributed by atoms with Gasteiger partial charge in [-0.2, -0.15) is 0 Å². The zero-order chi connectivity index (χ0) is 19.9. The summed E-state index contributed by atoms with van der Waals surface area (Å²) in [6.07, 6.45) is 4.12. The molecule has 1 fully saturated rings. The first-order valence-electron chi connectivity index (χ1n) is 9.89. The summed E-state index contributed by atoms with van der Waals surface area (Å²) in [5, 5.41) is 12.0. The van der Waals surface area contributed by atoms with Crippen LogP contribution in [0.3, 0.4) is 0 Å². The minimum absolute atomic E-state index is 0.140. The molecule has 5 heteroatoms. The molecule has 0 radical (unpaired) electrons. The van der Waals surface area contributed by atoms with E-state index in [-0.39, 0.29) is 24.7 Å². The third-order valence-corrected chi connectivity index (χ3v) is 5.37. The van der Waals surface area contributed by atoms with E-state index in [2.05, 4.69) is 24.4 Å². The Labute approximate surface area is 166 Å². The van der Waals surface area contributed by atoms with Gasteiger partial charge in [0.15, 0.2) is 0 Å². The second-order valence-electron chi connectivity index (χ2n) is 7.44. The van der Waals surface area contributed by atoms with Crippen LogP contribution in [0.1, 0.15) is 42.1 Å². The van der Waals surface area contributed by atoms with Gasteiger partial charge >= 0.3 is 0 Å². The molecule has 3 atom stereocenters. The van der Waals surface area contributed by atoms with Crippen molar-refractivity contribution in [3.8, 4) is 5.75 Å². The predicted molar refractivity (Wildman–Crippen MR) is 110 cm³/mol. The number of rotatable bonds is 8. The molecule has 2 N–H and O–H groups in total. The Bertz CT molecular complexity index is 757. The van der Waals surface area contributed by atoms with E-state index in [1.54, 1.807) is 31.4 Å². The molecule has 5 nitrogen and oxygen atoms in total. The van der Waals surface area contributed by atoms with Crippen LogP contribution in [-0.2, 0) is 11.2 Å².